The van der Waals surface area contributed by atoms with Crippen LogP contribution in [0.4, 0.5) is 0 Å². The lowest BCUT2D eigenvalue weighted by molar-refractivity contribution is 0.214. The van der Waals surface area contributed by atoms with Crippen LogP contribution >= 0.6 is 0 Å². The number of aliphatic hydroxyl groups is 1. The van der Waals surface area contributed by atoms with Crippen molar-refractivity contribution in [1.82, 2.24) is 9.62 Å². The van der Waals surface area contributed by atoms with Crippen molar-refractivity contribution < 1.29 is 13.5 Å². The van der Waals surface area contributed by atoms with Crippen molar-refractivity contribution in [2.45, 2.75) is 31.0 Å². The Bertz CT molecular complexity index is 542. The third-order valence-electron chi connectivity index (χ3n) is 3.37. The number of aliphatic hydroxyl groups excluding tert-OH is 1. The molecule has 0 amide bonds. The van der Waals surface area contributed by atoms with E-state index < -0.39 is 16.1 Å². The van der Waals surface area contributed by atoms with Crippen molar-refractivity contribution in [3.63, 3.8) is 0 Å². The maximum atomic E-state index is 12.3. The van der Waals surface area contributed by atoms with Crippen molar-refractivity contribution in [3.8, 4) is 0 Å². The minimum absolute atomic E-state index is 0.192. The second-order valence-electron chi connectivity index (χ2n) is 4.59. The third-order valence-corrected chi connectivity index (χ3v) is 5.34. The lowest BCUT2D eigenvalue weighted by Crippen LogP contribution is -2.37. The molecule has 1 aliphatic heterocycles. The van der Waals surface area contributed by atoms with Crippen LogP contribution in [0.1, 0.15) is 18.1 Å². The van der Waals surface area contributed by atoms with Gasteiger partial charge in [0.2, 0.25) is 10.0 Å². The van der Waals surface area contributed by atoms with Crippen LogP contribution in [0, 0.1) is 0 Å². The molecule has 1 aromatic carbocycles. The summed E-state index contributed by atoms with van der Waals surface area (Å²) in [5.41, 5.74) is 2.17. The van der Waals surface area contributed by atoms with Crippen molar-refractivity contribution >= 4 is 10.0 Å². The average Bonchev–Trinajstić information content (AvgIpc) is 2.83. The SMILES string of the molecule is CC(CO)N(C)S(=O)(=O)c1ccc2c(c1)CNC2. The predicted octanol–water partition coefficient (Wildman–Crippen LogP) is 0.291. The molecule has 100 valence electrons. The van der Waals surface area contributed by atoms with E-state index in [9.17, 15) is 8.42 Å². The fraction of sp³-hybridized carbons (Fsp3) is 0.500. The van der Waals surface area contributed by atoms with Crippen molar-refractivity contribution in [1.29, 1.82) is 0 Å². The fourth-order valence-electron chi connectivity index (χ4n) is 1.95. The maximum absolute atomic E-state index is 12.3. The van der Waals surface area contributed by atoms with E-state index in [1.54, 1.807) is 19.1 Å². The van der Waals surface area contributed by atoms with Crippen LogP contribution in [0.5, 0.6) is 0 Å². The van der Waals surface area contributed by atoms with E-state index in [4.69, 9.17) is 5.11 Å². The second kappa shape index (κ2) is 4.97. The van der Waals surface area contributed by atoms with Crippen LogP contribution in [0.3, 0.4) is 0 Å². The van der Waals surface area contributed by atoms with Gasteiger partial charge in [0.15, 0.2) is 0 Å². The van der Waals surface area contributed by atoms with Gasteiger partial charge in [0.25, 0.3) is 0 Å². The highest BCUT2D eigenvalue weighted by atomic mass is 32.2. The lowest BCUT2D eigenvalue weighted by Gasteiger charge is -2.22. The zero-order valence-electron chi connectivity index (χ0n) is 10.5. The Morgan fingerprint density at radius 3 is 2.72 bits per heavy atom. The summed E-state index contributed by atoms with van der Waals surface area (Å²) in [6.07, 6.45) is 0. The van der Waals surface area contributed by atoms with Crippen LogP contribution in [-0.2, 0) is 23.1 Å². The van der Waals surface area contributed by atoms with Gasteiger partial charge in [-0.05, 0) is 30.2 Å². The highest BCUT2D eigenvalue weighted by Gasteiger charge is 2.26. The molecule has 1 aliphatic rings. The largest absolute Gasteiger partial charge is 0.395 e. The van der Waals surface area contributed by atoms with Gasteiger partial charge in [-0.1, -0.05) is 6.07 Å². The molecule has 0 aromatic heterocycles. The van der Waals surface area contributed by atoms with Gasteiger partial charge in [0.05, 0.1) is 11.5 Å². The molecular weight excluding hydrogens is 252 g/mol. The van der Waals surface area contributed by atoms with E-state index in [1.807, 2.05) is 6.07 Å². The molecule has 0 fully saturated rings. The van der Waals surface area contributed by atoms with Gasteiger partial charge in [-0.15, -0.1) is 0 Å². The highest BCUT2D eigenvalue weighted by molar-refractivity contribution is 7.89. The Kier molecular flexibility index (Phi) is 3.72. The van der Waals surface area contributed by atoms with Crippen molar-refractivity contribution in [2.75, 3.05) is 13.7 Å². The summed E-state index contributed by atoms with van der Waals surface area (Å²) in [5.74, 6) is 0. The first-order valence-corrected chi connectivity index (χ1v) is 7.32. The number of likely N-dealkylation sites (N-methyl/N-ethyl adjacent to an activating group) is 1. The molecule has 0 bridgehead atoms. The van der Waals surface area contributed by atoms with E-state index in [0.29, 0.717) is 6.54 Å². The number of hydrogen-bond donors (Lipinski definition) is 2. The number of fused-ring (bicyclic) bond motifs is 1. The molecule has 2 N–H and O–H groups in total. The molecule has 1 heterocycles. The Morgan fingerprint density at radius 1 is 1.39 bits per heavy atom. The summed E-state index contributed by atoms with van der Waals surface area (Å²) in [7, 11) is -2.04. The minimum Gasteiger partial charge on any atom is -0.395 e. The summed E-state index contributed by atoms with van der Waals surface area (Å²) in [4.78, 5) is 0.285. The van der Waals surface area contributed by atoms with Crippen LogP contribution in [0.25, 0.3) is 0 Å². The summed E-state index contributed by atoms with van der Waals surface area (Å²) in [5, 5.41) is 12.2. The molecule has 1 atom stereocenters. The first-order chi connectivity index (χ1) is 8.46. The first kappa shape index (κ1) is 13.5. The molecule has 1 unspecified atom stereocenters. The standard InChI is InChI=1S/C12H18N2O3S/c1-9(8-15)14(2)18(16,17)12-4-3-10-6-13-7-11(10)5-12/h3-5,9,13,15H,6-8H2,1-2H3. The Balaban J connectivity index is 2.36. The molecule has 2 rings (SSSR count). The maximum Gasteiger partial charge on any atom is 0.243 e. The zero-order chi connectivity index (χ0) is 13.3. The molecular formula is C12H18N2O3S. The second-order valence-corrected chi connectivity index (χ2v) is 6.58. The molecule has 0 aliphatic carbocycles. The number of nitrogens with zero attached hydrogens (tertiary/aromatic N) is 1. The minimum atomic E-state index is -3.53. The molecule has 18 heavy (non-hydrogen) atoms. The summed E-state index contributed by atoms with van der Waals surface area (Å²) in [6, 6.07) is 4.76. The van der Waals surface area contributed by atoms with E-state index in [0.717, 1.165) is 17.7 Å². The van der Waals surface area contributed by atoms with E-state index in [1.165, 1.54) is 11.4 Å². The molecule has 0 spiro atoms. The highest BCUT2D eigenvalue weighted by Crippen LogP contribution is 2.22. The van der Waals surface area contributed by atoms with Crippen molar-refractivity contribution in [3.05, 3.63) is 29.3 Å². The topological polar surface area (TPSA) is 69.6 Å². The predicted molar refractivity (Wildman–Crippen MR) is 68.5 cm³/mol. The van der Waals surface area contributed by atoms with Crippen LogP contribution in [-0.4, -0.2) is 37.5 Å². The summed E-state index contributed by atoms with van der Waals surface area (Å²) < 4.78 is 25.9. The third kappa shape index (κ3) is 2.29. The zero-order valence-corrected chi connectivity index (χ0v) is 11.4. The number of sulfonamides is 1. The van der Waals surface area contributed by atoms with Gasteiger partial charge in [0, 0.05) is 26.2 Å². The van der Waals surface area contributed by atoms with Gasteiger partial charge in [-0.25, -0.2) is 8.42 Å². The van der Waals surface area contributed by atoms with Gasteiger partial charge < -0.3 is 10.4 Å². The number of nitrogens with one attached hydrogen (secondary N) is 1. The molecule has 0 saturated heterocycles. The van der Waals surface area contributed by atoms with Gasteiger partial charge in [-0.2, -0.15) is 4.31 Å². The van der Waals surface area contributed by atoms with Crippen LogP contribution in [0.15, 0.2) is 23.1 Å². The summed E-state index contributed by atoms with van der Waals surface area (Å²) >= 11 is 0. The Hall–Kier alpha value is -0.950. The van der Waals surface area contributed by atoms with E-state index >= 15 is 0 Å². The molecule has 5 nitrogen and oxygen atoms in total. The van der Waals surface area contributed by atoms with E-state index in [-0.39, 0.29) is 11.5 Å². The van der Waals surface area contributed by atoms with Gasteiger partial charge >= 0.3 is 0 Å². The Labute approximate surface area is 107 Å². The van der Waals surface area contributed by atoms with Crippen LogP contribution < -0.4 is 5.32 Å². The molecule has 0 radical (unpaired) electrons. The monoisotopic (exact) mass is 270 g/mol. The van der Waals surface area contributed by atoms with Gasteiger partial charge in [0.1, 0.15) is 0 Å². The number of hydrogen-bond acceptors (Lipinski definition) is 4. The summed E-state index contributed by atoms with van der Waals surface area (Å²) in [6.45, 7) is 2.98. The molecule has 6 heteroatoms. The molecule has 1 aromatic rings. The average molecular weight is 270 g/mol. The van der Waals surface area contributed by atoms with Crippen molar-refractivity contribution in [2.24, 2.45) is 0 Å². The fourth-order valence-corrected chi connectivity index (χ4v) is 3.35. The van der Waals surface area contributed by atoms with Crippen LogP contribution in [0.2, 0.25) is 0 Å². The van der Waals surface area contributed by atoms with E-state index in [2.05, 4.69) is 5.32 Å². The normalized spacial score (nSPS) is 16.9. The number of benzene rings is 1. The number of rotatable bonds is 4. The lowest BCUT2D eigenvalue weighted by atomic mass is 10.1. The quantitative estimate of drug-likeness (QED) is 0.825. The molecule has 0 saturated carbocycles. The smallest absolute Gasteiger partial charge is 0.243 e. The Morgan fingerprint density at radius 2 is 2.06 bits per heavy atom. The first-order valence-electron chi connectivity index (χ1n) is 5.88. The van der Waals surface area contributed by atoms with Gasteiger partial charge in [-0.3, -0.25) is 0 Å².